The lowest BCUT2D eigenvalue weighted by Crippen LogP contribution is -2.28. The molecule has 1 aliphatic rings. The number of aryl methyl sites for hydroxylation is 1. The highest BCUT2D eigenvalue weighted by Crippen LogP contribution is 2.33. The van der Waals surface area contributed by atoms with Crippen LogP contribution in [0, 0.1) is 12.3 Å². The third-order valence-corrected chi connectivity index (χ3v) is 5.87. The zero-order valence-electron chi connectivity index (χ0n) is 15.4. The predicted octanol–water partition coefficient (Wildman–Crippen LogP) is 3.89. The summed E-state index contributed by atoms with van der Waals surface area (Å²) < 4.78 is 32.8. The number of sulfonamides is 1. The summed E-state index contributed by atoms with van der Waals surface area (Å²) in [6.07, 6.45) is 2.13. The van der Waals surface area contributed by atoms with Gasteiger partial charge < -0.3 is 4.74 Å². The van der Waals surface area contributed by atoms with E-state index in [1.165, 1.54) is 4.31 Å². The molecule has 0 atom stereocenters. The number of benzene rings is 1. The van der Waals surface area contributed by atoms with Crippen LogP contribution in [0.1, 0.15) is 33.3 Å². The Kier molecular flexibility index (Phi) is 5.25. The van der Waals surface area contributed by atoms with E-state index in [4.69, 9.17) is 4.74 Å². The largest absolute Gasteiger partial charge is 0.501 e. The molecule has 1 aromatic rings. The smallest absolute Gasteiger partial charge is 0.243 e. The van der Waals surface area contributed by atoms with Gasteiger partial charge in [0.05, 0.1) is 17.8 Å². The highest BCUT2D eigenvalue weighted by molar-refractivity contribution is 7.89. The molecular formula is C19H27NO3S. The molecule has 1 aromatic carbocycles. The van der Waals surface area contributed by atoms with Crippen LogP contribution < -0.4 is 0 Å². The van der Waals surface area contributed by atoms with Crippen molar-refractivity contribution in [3.8, 4) is 0 Å². The van der Waals surface area contributed by atoms with Crippen molar-refractivity contribution in [3.05, 3.63) is 52.8 Å². The van der Waals surface area contributed by atoms with Crippen molar-refractivity contribution in [1.29, 1.82) is 0 Å². The maximum atomic E-state index is 12.9. The van der Waals surface area contributed by atoms with Crippen LogP contribution in [0.2, 0.25) is 0 Å². The van der Waals surface area contributed by atoms with Gasteiger partial charge in [-0.05, 0) is 37.0 Å². The summed E-state index contributed by atoms with van der Waals surface area (Å²) >= 11 is 0. The Bertz CT molecular complexity index is 766. The van der Waals surface area contributed by atoms with Gasteiger partial charge in [-0.3, -0.25) is 0 Å². The molecule has 0 bridgehead atoms. The van der Waals surface area contributed by atoms with Crippen LogP contribution >= 0.6 is 0 Å². The Morgan fingerprint density at radius 3 is 2.25 bits per heavy atom. The van der Waals surface area contributed by atoms with E-state index >= 15 is 0 Å². The van der Waals surface area contributed by atoms with Crippen molar-refractivity contribution in [2.45, 2.75) is 39.5 Å². The first-order valence-corrected chi connectivity index (χ1v) is 9.51. The number of ether oxygens (including phenoxy) is 1. The fourth-order valence-corrected chi connectivity index (χ4v) is 4.15. The van der Waals surface area contributed by atoms with Crippen molar-refractivity contribution in [2.75, 3.05) is 20.2 Å². The minimum Gasteiger partial charge on any atom is -0.501 e. The van der Waals surface area contributed by atoms with Crippen molar-refractivity contribution < 1.29 is 13.2 Å². The van der Waals surface area contributed by atoms with Gasteiger partial charge in [0.25, 0.3) is 0 Å². The van der Waals surface area contributed by atoms with E-state index in [1.807, 2.05) is 26.0 Å². The number of nitrogens with zero attached hydrogens (tertiary/aromatic N) is 1. The van der Waals surface area contributed by atoms with E-state index in [0.29, 0.717) is 18.0 Å². The lowest BCUT2D eigenvalue weighted by Gasteiger charge is -2.16. The second kappa shape index (κ2) is 6.73. The normalized spacial score (nSPS) is 20.5. The second-order valence-electron chi connectivity index (χ2n) is 7.36. The summed E-state index contributed by atoms with van der Waals surface area (Å²) in [5, 5.41) is 0. The quantitative estimate of drug-likeness (QED) is 0.778. The van der Waals surface area contributed by atoms with Crippen molar-refractivity contribution in [2.24, 2.45) is 5.41 Å². The minimum absolute atomic E-state index is 0.0295. The molecule has 0 N–H and O–H groups in total. The van der Waals surface area contributed by atoms with Crippen LogP contribution in [0.25, 0.3) is 0 Å². The molecule has 4 nitrogen and oxygen atoms in total. The van der Waals surface area contributed by atoms with Crippen LogP contribution in [-0.4, -0.2) is 32.9 Å². The Hall–Kier alpha value is -1.59. The SMILES string of the molecule is CO/C(C)=C1\CN(S(=O)(=O)c2ccc(C)cc2)C\C1=C\C(C)(C)C. The first kappa shape index (κ1) is 18.7. The summed E-state index contributed by atoms with van der Waals surface area (Å²) in [5.41, 5.74) is 3.00. The van der Waals surface area contributed by atoms with Crippen LogP contribution in [0.5, 0.6) is 0 Å². The van der Waals surface area contributed by atoms with Crippen LogP contribution in [0.4, 0.5) is 0 Å². The molecule has 0 amide bonds. The minimum atomic E-state index is -3.52. The van der Waals surface area contributed by atoms with Gasteiger partial charge in [-0.1, -0.05) is 44.5 Å². The summed E-state index contributed by atoms with van der Waals surface area (Å²) in [7, 11) is -1.90. The van der Waals surface area contributed by atoms with Gasteiger partial charge in [0.15, 0.2) is 0 Å². The lowest BCUT2D eigenvalue weighted by atomic mass is 9.91. The Morgan fingerprint density at radius 2 is 1.75 bits per heavy atom. The number of hydrogen-bond donors (Lipinski definition) is 0. The van der Waals surface area contributed by atoms with Crippen LogP contribution in [-0.2, 0) is 14.8 Å². The molecule has 0 radical (unpaired) electrons. The van der Waals surface area contributed by atoms with Gasteiger partial charge in [-0.2, -0.15) is 4.31 Å². The maximum Gasteiger partial charge on any atom is 0.243 e. The maximum absolute atomic E-state index is 12.9. The average Bonchev–Trinajstić information content (AvgIpc) is 2.89. The molecule has 2 rings (SSSR count). The highest BCUT2D eigenvalue weighted by atomic mass is 32.2. The third kappa shape index (κ3) is 4.08. The Balaban J connectivity index is 2.43. The van der Waals surface area contributed by atoms with Gasteiger partial charge in [-0.15, -0.1) is 0 Å². The molecule has 1 heterocycles. The van der Waals surface area contributed by atoms with Crippen molar-refractivity contribution >= 4 is 10.0 Å². The van der Waals surface area contributed by atoms with E-state index in [0.717, 1.165) is 22.5 Å². The van der Waals surface area contributed by atoms with Crippen molar-refractivity contribution in [1.82, 2.24) is 4.31 Å². The molecule has 1 saturated heterocycles. The molecule has 0 aliphatic carbocycles. The molecule has 5 heteroatoms. The zero-order chi connectivity index (χ0) is 18.1. The van der Waals surface area contributed by atoms with E-state index < -0.39 is 10.0 Å². The Morgan fingerprint density at radius 1 is 1.17 bits per heavy atom. The molecule has 0 aromatic heterocycles. The van der Waals surface area contributed by atoms with Crippen molar-refractivity contribution in [3.63, 3.8) is 0 Å². The Labute approximate surface area is 145 Å². The van der Waals surface area contributed by atoms with Gasteiger partial charge in [0.2, 0.25) is 10.0 Å². The number of methoxy groups -OCH3 is 1. The van der Waals surface area contributed by atoms with E-state index in [9.17, 15) is 8.42 Å². The molecular weight excluding hydrogens is 322 g/mol. The third-order valence-electron chi connectivity index (χ3n) is 4.07. The molecule has 132 valence electrons. The highest BCUT2D eigenvalue weighted by Gasteiger charge is 2.34. The zero-order valence-corrected chi connectivity index (χ0v) is 16.2. The number of hydrogen-bond acceptors (Lipinski definition) is 3. The second-order valence-corrected chi connectivity index (χ2v) is 9.30. The molecule has 0 saturated carbocycles. The number of allylic oxidation sites excluding steroid dienone is 2. The van der Waals surface area contributed by atoms with Crippen LogP contribution in [0.15, 0.2) is 52.1 Å². The van der Waals surface area contributed by atoms with Gasteiger partial charge in [0, 0.05) is 18.7 Å². The average molecular weight is 349 g/mol. The van der Waals surface area contributed by atoms with Gasteiger partial charge in [0.1, 0.15) is 0 Å². The van der Waals surface area contributed by atoms with E-state index in [2.05, 4.69) is 26.8 Å². The van der Waals surface area contributed by atoms with E-state index in [1.54, 1.807) is 19.2 Å². The fourth-order valence-electron chi connectivity index (χ4n) is 2.76. The number of rotatable bonds is 3. The topological polar surface area (TPSA) is 46.6 Å². The molecule has 0 spiro atoms. The summed E-state index contributed by atoms with van der Waals surface area (Å²) in [6.45, 7) is 10.9. The fraction of sp³-hybridized carbons (Fsp3) is 0.474. The first-order chi connectivity index (χ1) is 11.0. The molecule has 0 unspecified atom stereocenters. The van der Waals surface area contributed by atoms with Gasteiger partial charge in [-0.25, -0.2) is 8.42 Å². The first-order valence-electron chi connectivity index (χ1n) is 8.07. The summed E-state index contributed by atoms with van der Waals surface area (Å²) in [4.78, 5) is 0.333. The molecule has 1 aliphatic heterocycles. The molecule has 24 heavy (non-hydrogen) atoms. The van der Waals surface area contributed by atoms with Gasteiger partial charge >= 0.3 is 0 Å². The predicted molar refractivity (Wildman–Crippen MR) is 97.2 cm³/mol. The monoisotopic (exact) mass is 349 g/mol. The summed E-state index contributed by atoms with van der Waals surface area (Å²) in [6, 6.07) is 6.99. The molecule has 1 fully saturated rings. The van der Waals surface area contributed by atoms with Crippen LogP contribution in [0.3, 0.4) is 0 Å². The van der Waals surface area contributed by atoms with E-state index in [-0.39, 0.29) is 5.41 Å². The summed E-state index contributed by atoms with van der Waals surface area (Å²) in [5.74, 6) is 0.770. The standard InChI is InChI=1S/C19H27NO3S/c1-14-7-9-17(10-8-14)24(21,22)20-12-16(11-19(3,4)5)18(13-20)15(2)23-6/h7-11H,12-13H2,1-6H3/b16-11-,18-15+. The lowest BCUT2D eigenvalue weighted by molar-refractivity contribution is 0.289.